The first-order valence-electron chi connectivity index (χ1n) is 20.5. The quantitative estimate of drug-likeness (QED) is 0.169. The zero-order chi connectivity index (χ0) is 40.5. The molecule has 8 aromatic carbocycles. The molecule has 0 aliphatic heterocycles. The summed E-state index contributed by atoms with van der Waals surface area (Å²) in [6, 6.07) is 62.6. The third kappa shape index (κ3) is 5.58. The van der Waals surface area contributed by atoms with Gasteiger partial charge in [-0.1, -0.05) is 158 Å². The first-order valence-corrected chi connectivity index (χ1v) is 20.5. The Bertz CT molecular complexity index is 3210. The van der Waals surface area contributed by atoms with E-state index in [1.165, 1.54) is 82.8 Å². The van der Waals surface area contributed by atoms with Crippen molar-refractivity contribution in [1.82, 2.24) is 24.1 Å². The maximum atomic E-state index is 5.08. The molecule has 286 valence electrons. The van der Waals surface area contributed by atoms with E-state index in [0.717, 1.165) is 22.3 Å². The number of nitrogens with zero attached hydrogens (tertiary/aromatic N) is 5. The molecule has 0 atom stereocenters. The predicted octanol–water partition coefficient (Wildman–Crippen LogP) is 14.0. The highest BCUT2D eigenvalue weighted by Gasteiger charge is 2.26. The Morgan fingerprint density at radius 1 is 0.317 bits per heavy atom. The largest absolute Gasteiger partial charge is 0.308 e. The van der Waals surface area contributed by atoms with Gasteiger partial charge in [0.2, 0.25) is 0 Å². The second-order valence-corrected chi connectivity index (χ2v) is 15.8. The molecule has 0 fully saturated rings. The van der Waals surface area contributed by atoms with Crippen molar-refractivity contribution < 1.29 is 0 Å². The number of benzene rings is 8. The van der Waals surface area contributed by atoms with Gasteiger partial charge in [0.25, 0.3) is 0 Å². The average Bonchev–Trinajstić information content (AvgIpc) is 3.78. The van der Waals surface area contributed by atoms with E-state index in [1.54, 1.807) is 0 Å². The predicted molar refractivity (Wildman–Crippen MR) is 249 cm³/mol. The summed E-state index contributed by atoms with van der Waals surface area (Å²) >= 11 is 0. The smallest absolute Gasteiger partial charge is 0.164 e. The van der Waals surface area contributed by atoms with Crippen LogP contribution in [0.4, 0.5) is 0 Å². The van der Waals surface area contributed by atoms with Crippen LogP contribution in [-0.2, 0) is 0 Å². The van der Waals surface area contributed by atoms with Gasteiger partial charge in [0.15, 0.2) is 17.5 Å². The first kappa shape index (κ1) is 35.5. The summed E-state index contributed by atoms with van der Waals surface area (Å²) in [4.78, 5) is 15.1. The molecule has 3 heterocycles. The summed E-state index contributed by atoms with van der Waals surface area (Å²) in [5.74, 6) is 1.92. The maximum Gasteiger partial charge on any atom is 0.164 e. The van der Waals surface area contributed by atoms with Crippen LogP contribution < -0.4 is 0 Å². The number of rotatable bonds is 6. The zero-order valence-corrected chi connectivity index (χ0v) is 34.0. The topological polar surface area (TPSA) is 48.5 Å². The van der Waals surface area contributed by atoms with Crippen LogP contribution in [0.25, 0.3) is 100 Å². The van der Waals surface area contributed by atoms with Crippen molar-refractivity contribution in [2.24, 2.45) is 0 Å². The van der Waals surface area contributed by atoms with E-state index in [2.05, 4.69) is 152 Å². The van der Waals surface area contributed by atoms with Crippen molar-refractivity contribution in [3.63, 3.8) is 0 Å². The minimum atomic E-state index is 0.631. The van der Waals surface area contributed by atoms with Crippen LogP contribution in [0.5, 0.6) is 0 Å². The summed E-state index contributed by atoms with van der Waals surface area (Å²) in [5.41, 5.74) is 17.2. The van der Waals surface area contributed by atoms with Gasteiger partial charge >= 0.3 is 0 Å². The summed E-state index contributed by atoms with van der Waals surface area (Å²) in [7, 11) is 0. The van der Waals surface area contributed by atoms with Crippen molar-refractivity contribution in [1.29, 1.82) is 0 Å². The third-order valence-electron chi connectivity index (χ3n) is 12.0. The van der Waals surface area contributed by atoms with E-state index in [4.69, 9.17) is 15.0 Å². The van der Waals surface area contributed by atoms with Gasteiger partial charge in [-0.05, 0) is 73.7 Å². The van der Waals surface area contributed by atoms with Crippen LogP contribution >= 0.6 is 0 Å². The van der Waals surface area contributed by atoms with Gasteiger partial charge in [0, 0.05) is 43.8 Å². The Labute approximate surface area is 348 Å². The number of hydrogen-bond acceptors (Lipinski definition) is 3. The fourth-order valence-electron chi connectivity index (χ4n) is 9.35. The van der Waals surface area contributed by atoms with Gasteiger partial charge in [-0.2, -0.15) is 0 Å². The second kappa shape index (κ2) is 14.0. The highest BCUT2D eigenvalue weighted by atomic mass is 15.0. The van der Waals surface area contributed by atoms with Crippen LogP contribution in [-0.4, -0.2) is 24.1 Å². The summed E-state index contributed by atoms with van der Waals surface area (Å²) in [5, 5.41) is 4.90. The lowest BCUT2D eigenvalue weighted by molar-refractivity contribution is 1.07. The Morgan fingerprint density at radius 3 is 1.08 bits per heavy atom. The molecular weight excluding hydrogens is 731 g/mol. The number of para-hydroxylation sites is 4. The zero-order valence-electron chi connectivity index (χ0n) is 34.0. The number of aromatic nitrogens is 5. The fourth-order valence-corrected chi connectivity index (χ4v) is 9.35. The van der Waals surface area contributed by atoms with Gasteiger partial charge in [-0.3, -0.25) is 0 Å². The van der Waals surface area contributed by atoms with E-state index in [0.29, 0.717) is 17.5 Å². The normalized spacial score (nSPS) is 11.7. The standard InChI is InChI=1S/C55H41N5/c1-34-17-15-18-35(2)49(34)59-46-27-13-11-25-42(46)44-33-45-43-26-12-14-28-47(43)60(50-36(3)19-16-20-37(50)4)52(45)48(51(44)59)38-29-31-41(32-30-38)55-57-53(39-21-7-5-8-22-39)56-54(58-55)40-23-9-6-10-24-40/h5-33H,1-4H3. The van der Waals surface area contributed by atoms with Crippen molar-refractivity contribution >= 4 is 43.6 Å². The molecule has 0 radical (unpaired) electrons. The monoisotopic (exact) mass is 771 g/mol. The molecule has 0 aliphatic carbocycles. The lowest BCUT2D eigenvalue weighted by Gasteiger charge is -2.20. The molecular formula is C55H41N5. The van der Waals surface area contributed by atoms with Crippen LogP contribution in [0.15, 0.2) is 176 Å². The van der Waals surface area contributed by atoms with Gasteiger partial charge < -0.3 is 9.13 Å². The molecule has 0 saturated carbocycles. The molecule has 0 aliphatic rings. The molecule has 0 N–H and O–H groups in total. The van der Waals surface area contributed by atoms with Crippen molar-refractivity contribution in [3.8, 4) is 56.7 Å². The first-order chi connectivity index (χ1) is 29.4. The van der Waals surface area contributed by atoms with Crippen molar-refractivity contribution in [3.05, 3.63) is 198 Å². The van der Waals surface area contributed by atoms with Gasteiger partial charge in [0.05, 0.1) is 33.4 Å². The number of aryl methyl sites for hydroxylation is 4. The van der Waals surface area contributed by atoms with Crippen molar-refractivity contribution in [2.75, 3.05) is 0 Å². The minimum Gasteiger partial charge on any atom is -0.308 e. The van der Waals surface area contributed by atoms with E-state index in [-0.39, 0.29) is 0 Å². The molecule has 0 bridgehead atoms. The molecule has 0 unspecified atom stereocenters. The molecule has 5 heteroatoms. The number of fused-ring (bicyclic) bond motifs is 6. The molecule has 5 nitrogen and oxygen atoms in total. The summed E-state index contributed by atoms with van der Waals surface area (Å²) in [6.07, 6.45) is 0. The SMILES string of the molecule is Cc1cccc(C)c1-n1c2ccccc2c2cc3c4ccccc4n(-c4c(C)cccc4C)c3c(-c3ccc(-c4nc(-c5ccccc5)nc(-c5ccccc5)n4)cc3)c21. The Hall–Kier alpha value is -7.63. The van der Waals surface area contributed by atoms with Crippen LogP contribution in [0.2, 0.25) is 0 Å². The Morgan fingerprint density at radius 2 is 0.667 bits per heavy atom. The van der Waals surface area contributed by atoms with E-state index >= 15 is 0 Å². The van der Waals surface area contributed by atoms with Crippen LogP contribution in [0.3, 0.4) is 0 Å². The lowest BCUT2D eigenvalue weighted by atomic mass is 9.96. The van der Waals surface area contributed by atoms with Gasteiger partial charge in [-0.15, -0.1) is 0 Å². The van der Waals surface area contributed by atoms with E-state index < -0.39 is 0 Å². The molecule has 60 heavy (non-hydrogen) atoms. The fraction of sp³-hybridized carbons (Fsp3) is 0.0727. The molecule has 3 aromatic heterocycles. The highest BCUT2D eigenvalue weighted by molar-refractivity contribution is 6.26. The molecule has 0 spiro atoms. The maximum absolute atomic E-state index is 5.08. The third-order valence-corrected chi connectivity index (χ3v) is 12.0. The second-order valence-electron chi connectivity index (χ2n) is 15.8. The highest BCUT2D eigenvalue weighted by Crippen LogP contribution is 2.47. The summed E-state index contributed by atoms with van der Waals surface area (Å²) < 4.78 is 5.05. The Kier molecular flexibility index (Phi) is 8.31. The average molecular weight is 772 g/mol. The molecule has 0 amide bonds. The summed E-state index contributed by atoms with van der Waals surface area (Å²) in [6.45, 7) is 8.91. The lowest BCUT2D eigenvalue weighted by Crippen LogP contribution is -2.04. The Balaban J connectivity index is 1.26. The van der Waals surface area contributed by atoms with Crippen LogP contribution in [0, 0.1) is 27.7 Å². The minimum absolute atomic E-state index is 0.631. The molecule has 11 aromatic rings. The van der Waals surface area contributed by atoms with Gasteiger partial charge in [-0.25, -0.2) is 15.0 Å². The number of hydrogen-bond donors (Lipinski definition) is 0. The van der Waals surface area contributed by atoms with E-state index in [1.807, 2.05) is 60.7 Å². The molecule has 11 rings (SSSR count). The van der Waals surface area contributed by atoms with Crippen LogP contribution in [0.1, 0.15) is 22.3 Å². The van der Waals surface area contributed by atoms with Crippen molar-refractivity contribution in [2.45, 2.75) is 27.7 Å². The molecule has 0 saturated heterocycles. The van der Waals surface area contributed by atoms with E-state index in [9.17, 15) is 0 Å². The van der Waals surface area contributed by atoms with Gasteiger partial charge in [0.1, 0.15) is 0 Å².